The Kier molecular flexibility index (Phi) is 4.37. The van der Waals surface area contributed by atoms with Crippen molar-refractivity contribution >= 4 is 5.91 Å². The van der Waals surface area contributed by atoms with E-state index in [-0.39, 0.29) is 17.8 Å². The number of carbonyl (C=O) groups is 1. The first-order valence-corrected chi connectivity index (χ1v) is 7.61. The van der Waals surface area contributed by atoms with Gasteiger partial charge in [0.15, 0.2) is 11.5 Å². The van der Waals surface area contributed by atoms with Gasteiger partial charge < -0.3 is 19.9 Å². The molecule has 2 atom stereocenters. The number of para-hydroxylation sites is 2. The van der Waals surface area contributed by atoms with E-state index in [1.807, 2.05) is 31.2 Å². The Morgan fingerprint density at radius 3 is 2.61 bits per heavy atom. The van der Waals surface area contributed by atoms with Gasteiger partial charge in [-0.25, -0.2) is 0 Å². The predicted octanol–water partition coefficient (Wildman–Crippen LogP) is 2.28. The van der Waals surface area contributed by atoms with Gasteiger partial charge in [0.1, 0.15) is 11.9 Å². The zero-order valence-corrected chi connectivity index (χ0v) is 12.9. The van der Waals surface area contributed by atoms with E-state index in [4.69, 9.17) is 9.47 Å². The first-order chi connectivity index (χ1) is 11.1. The van der Waals surface area contributed by atoms with Gasteiger partial charge in [0, 0.05) is 6.54 Å². The maximum absolute atomic E-state index is 12.3. The number of benzene rings is 2. The molecule has 1 aliphatic heterocycles. The fraction of sp³-hybridized carbons (Fsp3) is 0.278. The van der Waals surface area contributed by atoms with Gasteiger partial charge in [-0.3, -0.25) is 4.79 Å². The number of hydrogen-bond acceptors (Lipinski definition) is 4. The average molecular weight is 313 g/mol. The topological polar surface area (TPSA) is 67.8 Å². The molecule has 0 saturated heterocycles. The Morgan fingerprint density at radius 1 is 1.13 bits per heavy atom. The predicted molar refractivity (Wildman–Crippen MR) is 85.8 cm³/mol. The van der Waals surface area contributed by atoms with E-state index in [2.05, 4.69) is 5.32 Å². The molecule has 2 N–H and O–H groups in total. The highest BCUT2D eigenvalue weighted by Gasteiger charge is 2.33. The molecule has 120 valence electrons. The molecular weight excluding hydrogens is 294 g/mol. The molecule has 5 nitrogen and oxygen atoms in total. The lowest BCUT2D eigenvalue weighted by Crippen LogP contribution is -2.49. The number of ether oxygens (including phenoxy) is 2. The largest absolute Gasteiger partial charge is 0.508 e. The van der Waals surface area contributed by atoms with Gasteiger partial charge in [-0.15, -0.1) is 0 Å². The van der Waals surface area contributed by atoms with Gasteiger partial charge in [0.05, 0.1) is 0 Å². The summed E-state index contributed by atoms with van der Waals surface area (Å²) in [6.45, 7) is 2.28. The molecule has 23 heavy (non-hydrogen) atoms. The molecule has 0 radical (unpaired) electrons. The molecule has 0 saturated carbocycles. The van der Waals surface area contributed by atoms with E-state index < -0.39 is 6.10 Å². The van der Waals surface area contributed by atoms with E-state index in [0.717, 1.165) is 5.56 Å². The van der Waals surface area contributed by atoms with E-state index in [1.54, 1.807) is 24.3 Å². The van der Waals surface area contributed by atoms with E-state index in [9.17, 15) is 9.90 Å². The summed E-state index contributed by atoms with van der Waals surface area (Å²) < 4.78 is 11.5. The van der Waals surface area contributed by atoms with Crippen LogP contribution in [0.4, 0.5) is 0 Å². The zero-order valence-electron chi connectivity index (χ0n) is 12.9. The second-order valence-corrected chi connectivity index (χ2v) is 5.52. The van der Waals surface area contributed by atoms with Crippen molar-refractivity contribution in [3.63, 3.8) is 0 Å². The minimum absolute atomic E-state index is 0.202. The van der Waals surface area contributed by atoms with Crippen molar-refractivity contribution < 1.29 is 19.4 Å². The maximum atomic E-state index is 12.3. The van der Waals surface area contributed by atoms with Gasteiger partial charge in [-0.05, 0) is 43.2 Å². The normalized spacial score (nSPS) is 19.2. The van der Waals surface area contributed by atoms with Crippen LogP contribution < -0.4 is 14.8 Å². The lowest BCUT2D eigenvalue weighted by atomic mass is 10.1. The van der Waals surface area contributed by atoms with Crippen molar-refractivity contribution in [2.75, 3.05) is 6.54 Å². The van der Waals surface area contributed by atoms with Gasteiger partial charge in [-0.2, -0.15) is 0 Å². The second kappa shape index (κ2) is 6.60. The molecule has 0 spiro atoms. The van der Waals surface area contributed by atoms with Gasteiger partial charge in [0.2, 0.25) is 6.10 Å². The summed E-state index contributed by atoms with van der Waals surface area (Å²) in [6.07, 6.45) is -0.390. The first kappa shape index (κ1) is 15.2. The minimum Gasteiger partial charge on any atom is -0.508 e. The number of amides is 1. The van der Waals surface area contributed by atoms with Crippen molar-refractivity contribution in [2.24, 2.45) is 0 Å². The van der Waals surface area contributed by atoms with Crippen LogP contribution in [-0.2, 0) is 11.2 Å². The summed E-state index contributed by atoms with van der Waals surface area (Å²) >= 11 is 0. The maximum Gasteiger partial charge on any atom is 0.265 e. The molecule has 2 aromatic carbocycles. The van der Waals surface area contributed by atoms with Crippen LogP contribution in [0, 0.1) is 0 Å². The van der Waals surface area contributed by atoms with Crippen molar-refractivity contribution in [1.29, 1.82) is 0 Å². The van der Waals surface area contributed by atoms with Crippen molar-refractivity contribution in [3.8, 4) is 17.2 Å². The van der Waals surface area contributed by atoms with Crippen LogP contribution in [0.1, 0.15) is 12.5 Å². The van der Waals surface area contributed by atoms with Crippen LogP contribution in [-0.4, -0.2) is 29.8 Å². The van der Waals surface area contributed by atoms with E-state index in [0.29, 0.717) is 24.5 Å². The summed E-state index contributed by atoms with van der Waals surface area (Å²) in [7, 11) is 0. The number of phenols is 1. The van der Waals surface area contributed by atoms with E-state index in [1.165, 1.54) is 0 Å². The fourth-order valence-corrected chi connectivity index (χ4v) is 2.55. The third kappa shape index (κ3) is 3.56. The van der Waals surface area contributed by atoms with Gasteiger partial charge in [-0.1, -0.05) is 24.3 Å². The summed E-state index contributed by atoms with van der Waals surface area (Å²) in [5.74, 6) is 1.26. The summed E-state index contributed by atoms with van der Waals surface area (Å²) in [4.78, 5) is 12.3. The second-order valence-electron chi connectivity index (χ2n) is 5.52. The standard InChI is InChI=1S/C18H19NO4/c1-12-17(23-16-8-3-2-7-15(16)22-12)18(21)19-10-9-13-5-4-6-14(20)11-13/h2-8,11-12,17,20H,9-10H2,1H3,(H,19,21)/t12-,17+/m1/s1. The fourth-order valence-electron chi connectivity index (χ4n) is 2.55. The molecule has 1 heterocycles. The molecule has 0 aliphatic carbocycles. The Morgan fingerprint density at radius 2 is 1.87 bits per heavy atom. The quantitative estimate of drug-likeness (QED) is 0.909. The third-order valence-electron chi connectivity index (χ3n) is 3.72. The molecule has 5 heteroatoms. The lowest BCUT2D eigenvalue weighted by Gasteiger charge is -2.31. The molecule has 0 bridgehead atoms. The summed E-state index contributed by atoms with van der Waals surface area (Å²) in [6, 6.07) is 14.3. The third-order valence-corrected chi connectivity index (χ3v) is 3.72. The van der Waals surface area contributed by atoms with Crippen LogP contribution in [0.3, 0.4) is 0 Å². The van der Waals surface area contributed by atoms with Crippen LogP contribution in [0.2, 0.25) is 0 Å². The summed E-state index contributed by atoms with van der Waals surface area (Å²) in [5, 5.41) is 12.3. The van der Waals surface area contributed by atoms with Crippen molar-refractivity contribution in [2.45, 2.75) is 25.6 Å². The van der Waals surface area contributed by atoms with Crippen LogP contribution >= 0.6 is 0 Å². The highest BCUT2D eigenvalue weighted by molar-refractivity contribution is 5.82. The molecular formula is C18H19NO4. The number of fused-ring (bicyclic) bond motifs is 1. The SMILES string of the molecule is C[C@H]1Oc2ccccc2O[C@@H]1C(=O)NCCc1cccc(O)c1. The number of hydrogen-bond donors (Lipinski definition) is 2. The molecule has 3 rings (SSSR count). The number of phenolic OH excluding ortho intramolecular Hbond substituents is 1. The molecule has 1 aliphatic rings. The van der Waals surface area contributed by atoms with Gasteiger partial charge in [0.25, 0.3) is 5.91 Å². The Bertz CT molecular complexity index is 701. The number of rotatable bonds is 4. The average Bonchev–Trinajstić information content (AvgIpc) is 2.54. The summed E-state index contributed by atoms with van der Waals surface area (Å²) in [5.41, 5.74) is 0.963. The Hall–Kier alpha value is -2.69. The number of carbonyl (C=O) groups excluding carboxylic acids is 1. The van der Waals surface area contributed by atoms with Crippen LogP contribution in [0.5, 0.6) is 17.2 Å². The van der Waals surface area contributed by atoms with E-state index >= 15 is 0 Å². The molecule has 0 fully saturated rings. The molecule has 0 unspecified atom stereocenters. The van der Waals surface area contributed by atoms with Crippen LogP contribution in [0.15, 0.2) is 48.5 Å². The Balaban J connectivity index is 1.56. The minimum atomic E-state index is -0.672. The van der Waals surface area contributed by atoms with Gasteiger partial charge >= 0.3 is 0 Å². The van der Waals surface area contributed by atoms with Crippen molar-refractivity contribution in [1.82, 2.24) is 5.32 Å². The molecule has 0 aromatic heterocycles. The highest BCUT2D eigenvalue weighted by Crippen LogP contribution is 2.33. The zero-order chi connectivity index (χ0) is 16.2. The highest BCUT2D eigenvalue weighted by atomic mass is 16.6. The first-order valence-electron chi connectivity index (χ1n) is 7.61. The number of aromatic hydroxyl groups is 1. The number of nitrogens with one attached hydrogen (secondary N) is 1. The molecule has 2 aromatic rings. The Labute approximate surface area is 134 Å². The lowest BCUT2D eigenvalue weighted by molar-refractivity contribution is -0.133. The van der Waals surface area contributed by atoms with Crippen molar-refractivity contribution in [3.05, 3.63) is 54.1 Å². The molecule has 1 amide bonds. The smallest absolute Gasteiger partial charge is 0.265 e. The van der Waals surface area contributed by atoms with Crippen LogP contribution in [0.25, 0.3) is 0 Å². The monoisotopic (exact) mass is 313 g/mol.